The lowest BCUT2D eigenvalue weighted by atomic mass is 10.1. The van der Waals surface area contributed by atoms with Gasteiger partial charge in [-0.1, -0.05) is 0 Å². The molecule has 0 radical (unpaired) electrons. The number of nitrogens with two attached hydrogens (primary N) is 1. The van der Waals surface area contributed by atoms with E-state index in [1.807, 2.05) is 0 Å². The van der Waals surface area contributed by atoms with E-state index in [-0.39, 0.29) is 25.2 Å². The number of primary amides is 1. The Bertz CT molecular complexity index is 476. The molecule has 0 aliphatic heterocycles. The number of nitrogens with zero attached hydrogens (tertiary/aromatic N) is 1. The number of amides is 2. The van der Waals surface area contributed by atoms with Crippen molar-refractivity contribution in [3.05, 3.63) is 30.1 Å². The predicted octanol–water partition coefficient (Wildman–Crippen LogP) is -0.151. The van der Waals surface area contributed by atoms with E-state index in [1.165, 1.54) is 0 Å². The Morgan fingerprint density at radius 3 is 2.45 bits per heavy atom. The Hall–Kier alpha value is -2.44. The Morgan fingerprint density at radius 1 is 1.25 bits per heavy atom. The van der Waals surface area contributed by atoms with Crippen LogP contribution in [0, 0.1) is 0 Å². The summed E-state index contributed by atoms with van der Waals surface area (Å²) in [5, 5.41) is 11.3. The zero-order chi connectivity index (χ0) is 15.0. The van der Waals surface area contributed by atoms with Crippen LogP contribution in [0.5, 0.6) is 0 Å². The van der Waals surface area contributed by atoms with Gasteiger partial charge in [-0.15, -0.1) is 0 Å². The summed E-state index contributed by atoms with van der Waals surface area (Å²) in [4.78, 5) is 37.1. The molecule has 20 heavy (non-hydrogen) atoms. The number of aryl methyl sites for hydroxylation is 1. The second-order valence-electron chi connectivity index (χ2n) is 4.32. The number of rotatable bonds is 8. The molecule has 0 aliphatic carbocycles. The minimum absolute atomic E-state index is 0.00827. The second-order valence-corrected chi connectivity index (χ2v) is 4.32. The molecule has 0 aromatic carbocycles. The first-order chi connectivity index (χ1) is 9.49. The zero-order valence-electron chi connectivity index (χ0n) is 10.9. The number of aliphatic carboxylic acids is 1. The van der Waals surface area contributed by atoms with E-state index < -0.39 is 17.9 Å². The number of carbonyl (C=O) groups is 3. The smallest absolute Gasteiger partial charge is 0.326 e. The highest BCUT2D eigenvalue weighted by molar-refractivity contribution is 5.84. The number of hydrogen-bond donors (Lipinski definition) is 3. The maximum absolute atomic E-state index is 11.7. The van der Waals surface area contributed by atoms with Gasteiger partial charge >= 0.3 is 5.97 Å². The first kappa shape index (κ1) is 15.6. The van der Waals surface area contributed by atoms with Crippen LogP contribution in [-0.2, 0) is 20.8 Å². The third-order valence-corrected chi connectivity index (χ3v) is 2.70. The van der Waals surface area contributed by atoms with E-state index in [0.29, 0.717) is 6.42 Å². The molecule has 1 aromatic heterocycles. The number of hydrogen-bond acceptors (Lipinski definition) is 4. The van der Waals surface area contributed by atoms with Crippen molar-refractivity contribution in [3.8, 4) is 0 Å². The summed E-state index contributed by atoms with van der Waals surface area (Å²) < 4.78 is 0. The first-order valence-corrected chi connectivity index (χ1v) is 6.18. The van der Waals surface area contributed by atoms with Gasteiger partial charge in [0.2, 0.25) is 11.8 Å². The minimum Gasteiger partial charge on any atom is -0.480 e. The van der Waals surface area contributed by atoms with Crippen molar-refractivity contribution in [3.63, 3.8) is 0 Å². The zero-order valence-corrected chi connectivity index (χ0v) is 10.9. The standard InChI is InChI=1S/C13H17N3O4/c14-11(17)3-2-10(13(19)20)16-12(18)4-1-9-5-7-15-8-6-9/h5-8,10H,1-4H2,(H2,14,17)(H,16,18)(H,19,20)/t10-/m0/s1. The fourth-order valence-corrected chi connectivity index (χ4v) is 1.62. The van der Waals surface area contributed by atoms with Crippen LogP contribution < -0.4 is 11.1 Å². The molecule has 1 atom stereocenters. The summed E-state index contributed by atoms with van der Waals surface area (Å²) >= 11 is 0. The fraction of sp³-hybridized carbons (Fsp3) is 0.385. The van der Waals surface area contributed by atoms with Crippen molar-refractivity contribution in [1.29, 1.82) is 0 Å². The van der Waals surface area contributed by atoms with Crippen molar-refractivity contribution in [2.45, 2.75) is 31.7 Å². The van der Waals surface area contributed by atoms with Gasteiger partial charge in [0.05, 0.1) is 0 Å². The van der Waals surface area contributed by atoms with Crippen molar-refractivity contribution in [2.75, 3.05) is 0 Å². The van der Waals surface area contributed by atoms with Crippen LogP contribution in [0.15, 0.2) is 24.5 Å². The topological polar surface area (TPSA) is 122 Å². The summed E-state index contributed by atoms with van der Waals surface area (Å²) in [7, 11) is 0. The lowest BCUT2D eigenvalue weighted by Crippen LogP contribution is -2.41. The Balaban J connectivity index is 2.41. The highest BCUT2D eigenvalue weighted by Crippen LogP contribution is 2.02. The van der Waals surface area contributed by atoms with Gasteiger partial charge in [-0.3, -0.25) is 14.6 Å². The summed E-state index contributed by atoms with van der Waals surface area (Å²) in [6, 6.07) is 2.48. The van der Waals surface area contributed by atoms with Crippen molar-refractivity contribution in [2.24, 2.45) is 5.73 Å². The van der Waals surface area contributed by atoms with Crippen LogP contribution in [0.4, 0.5) is 0 Å². The molecule has 108 valence electrons. The van der Waals surface area contributed by atoms with E-state index >= 15 is 0 Å². The van der Waals surface area contributed by atoms with E-state index in [1.54, 1.807) is 24.5 Å². The van der Waals surface area contributed by atoms with Gasteiger partial charge in [-0.25, -0.2) is 4.79 Å². The average Bonchev–Trinajstić information content (AvgIpc) is 2.41. The molecular formula is C13H17N3O4. The fourth-order valence-electron chi connectivity index (χ4n) is 1.62. The first-order valence-electron chi connectivity index (χ1n) is 6.18. The van der Waals surface area contributed by atoms with E-state index in [2.05, 4.69) is 10.3 Å². The van der Waals surface area contributed by atoms with E-state index in [4.69, 9.17) is 10.8 Å². The Kier molecular flexibility index (Phi) is 6.15. The van der Waals surface area contributed by atoms with E-state index in [0.717, 1.165) is 5.56 Å². The summed E-state index contributed by atoms with van der Waals surface area (Å²) in [5.41, 5.74) is 5.90. The molecule has 0 spiro atoms. The SMILES string of the molecule is NC(=O)CC[C@H](NC(=O)CCc1ccncc1)C(=O)O. The lowest BCUT2D eigenvalue weighted by molar-refractivity contribution is -0.142. The summed E-state index contributed by atoms with van der Waals surface area (Å²) in [5.74, 6) is -2.15. The molecule has 1 aromatic rings. The predicted molar refractivity (Wildman–Crippen MR) is 70.6 cm³/mol. The lowest BCUT2D eigenvalue weighted by Gasteiger charge is -2.13. The maximum Gasteiger partial charge on any atom is 0.326 e. The normalized spacial score (nSPS) is 11.6. The quantitative estimate of drug-likeness (QED) is 0.610. The largest absolute Gasteiger partial charge is 0.480 e. The van der Waals surface area contributed by atoms with Crippen LogP contribution in [0.1, 0.15) is 24.8 Å². The number of carboxylic acids is 1. The van der Waals surface area contributed by atoms with Gasteiger partial charge < -0.3 is 16.2 Å². The molecule has 4 N–H and O–H groups in total. The van der Waals surface area contributed by atoms with Crippen LogP contribution in [0.2, 0.25) is 0 Å². The van der Waals surface area contributed by atoms with Gasteiger partial charge in [0, 0.05) is 25.2 Å². The highest BCUT2D eigenvalue weighted by atomic mass is 16.4. The molecule has 0 unspecified atom stereocenters. The molecule has 0 aliphatic rings. The summed E-state index contributed by atoms with van der Waals surface area (Å²) in [6.45, 7) is 0. The molecule has 1 rings (SSSR count). The van der Waals surface area contributed by atoms with E-state index in [9.17, 15) is 14.4 Å². The number of pyridine rings is 1. The van der Waals surface area contributed by atoms with Gasteiger partial charge in [0.15, 0.2) is 0 Å². The molecule has 2 amide bonds. The van der Waals surface area contributed by atoms with Gasteiger partial charge in [0.1, 0.15) is 6.04 Å². The van der Waals surface area contributed by atoms with Gasteiger partial charge in [-0.2, -0.15) is 0 Å². The summed E-state index contributed by atoms with van der Waals surface area (Å²) in [6.07, 6.45) is 3.83. The molecule has 0 saturated heterocycles. The number of aromatic nitrogens is 1. The average molecular weight is 279 g/mol. The highest BCUT2D eigenvalue weighted by Gasteiger charge is 2.20. The Morgan fingerprint density at radius 2 is 1.90 bits per heavy atom. The van der Waals surface area contributed by atoms with Crippen molar-refractivity contribution >= 4 is 17.8 Å². The maximum atomic E-state index is 11.7. The number of carbonyl (C=O) groups excluding carboxylic acids is 2. The monoisotopic (exact) mass is 279 g/mol. The third kappa shape index (κ3) is 5.94. The van der Waals surface area contributed by atoms with Crippen molar-refractivity contribution < 1.29 is 19.5 Å². The third-order valence-electron chi connectivity index (χ3n) is 2.70. The van der Waals surface area contributed by atoms with Crippen LogP contribution in [0.3, 0.4) is 0 Å². The minimum atomic E-state index is -1.18. The molecular weight excluding hydrogens is 262 g/mol. The van der Waals surface area contributed by atoms with Gasteiger partial charge in [-0.05, 0) is 30.5 Å². The molecule has 1 heterocycles. The van der Waals surface area contributed by atoms with Crippen molar-refractivity contribution in [1.82, 2.24) is 10.3 Å². The van der Waals surface area contributed by atoms with Gasteiger partial charge in [0.25, 0.3) is 0 Å². The molecule has 7 heteroatoms. The molecule has 0 fully saturated rings. The van der Waals surface area contributed by atoms with Crippen LogP contribution in [-0.4, -0.2) is 33.9 Å². The molecule has 0 saturated carbocycles. The van der Waals surface area contributed by atoms with Crippen LogP contribution >= 0.6 is 0 Å². The second kappa shape index (κ2) is 7.88. The number of carboxylic acid groups (broad SMARTS) is 1. The number of nitrogens with one attached hydrogen (secondary N) is 1. The van der Waals surface area contributed by atoms with Crippen LogP contribution in [0.25, 0.3) is 0 Å². The molecule has 0 bridgehead atoms. The Labute approximate surface area is 116 Å². The molecule has 7 nitrogen and oxygen atoms in total.